The van der Waals surface area contributed by atoms with E-state index in [-0.39, 0.29) is 16.3 Å². The molecule has 1 heterocycles. The minimum Gasteiger partial charge on any atom is -0.353 e. The van der Waals surface area contributed by atoms with Crippen LogP contribution in [0.4, 0.5) is 21.6 Å². The van der Waals surface area contributed by atoms with Gasteiger partial charge in [-0.05, 0) is 55.0 Å². The Balaban J connectivity index is 1.76. The molecule has 26 heavy (non-hydrogen) atoms. The molecule has 5 nitrogen and oxygen atoms in total. The number of aromatic nitrogens is 1. The van der Waals surface area contributed by atoms with Gasteiger partial charge < -0.3 is 5.32 Å². The van der Waals surface area contributed by atoms with Crippen molar-refractivity contribution in [3.63, 3.8) is 0 Å². The molecule has 0 bridgehead atoms. The third-order valence-corrected chi connectivity index (χ3v) is 5.28. The predicted molar refractivity (Wildman–Crippen MR) is 101 cm³/mol. The Morgan fingerprint density at radius 3 is 2.50 bits per heavy atom. The lowest BCUT2D eigenvalue weighted by Crippen LogP contribution is -2.14. The van der Waals surface area contributed by atoms with Crippen molar-refractivity contribution in [3.05, 3.63) is 77.2 Å². The monoisotopic (exact) mass is 391 g/mol. The molecule has 0 saturated heterocycles. The van der Waals surface area contributed by atoms with Crippen LogP contribution in [0.1, 0.15) is 5.56 Å². The van der Waals surface area contributed by atoms with Gasteiger partial charge in [0.25, 0.3) is 10.0 Å². The van der Waals surface area contributed by atoms with Gasteiger partial charge in [0.15, 0.2) is 0 Å². The number of benzene rings is 2. The molecule has 0 fully saturated rings. The zero-order chi connectivity index (χ0) is 18.7. The number of anilines is 3. The normalized spacial score (nSPS) is 11.2. The first kappa shape index (κ1) is 18.2. The molecule has 0 aliphatic rings. The molecule has 0 amide bonds. The highest BCUT2D eigenvalue weighted by Gasteiger charge is 2.16. The standard InChI is InChI=1S/C18H15ClFN3O2S/c1-12-10-14(7-8-16(12)20)26(24,25)23-18-9-6-13(11-21-18)22-17-5-3-2-4-15(17)19/h2-11,22H,1H3,(H,21,23). The fourth-order valence-corrected chi connectivity index (χ4v) is 3.50. The largest absolute Gasteiger partial charge is 0.353 e. The molecular formula is C18H15ClFN3O2S. The van der Waals surface area contributed by atoms with Gasteiger partial charge in [-0.2, -0.15) is 0 Å². The lowest BCUT2D eigenvalue weighted by atomic mass is 10.2. The van der Waals surface area contributed by atoms with Crippen molar-refractivity contribution in [2.75, 3.05) is 10.0 Å². The second-order valence-corrected chi connectivity index (χ2v) is 7.64. The number of halogens is 2. The number of pyridine rings is 1. The van der Waals surface area contributed by atoms with Crippen LogP contribution in [0.5, 0.6) is 0 Å². The van der Waals surface area contributed by atoms with Crippen molar-refractivity contribution in [2.45, 2.75) is 11.8 Å². The van der Waals surface area contributed by atoms with Crippen LogP contribution < -0.4 is 10.0 Å². The number of nitrogens with zero attached hydrogens (tertiary/aromatic N) is 1. The maximum Gasteiger partial charge on any atom is 0.263 e. The third kappa shape index (κ3) is 4.12. The van der Waals surface area contributed by atoms with Crippen LogP contribution in [0, 0.1) is 12.7 Å². The van der Waals surface area contributed by atoms with Gasteiger partial charge in [-0.1, -0.05) is 23.7 Å². The SMILES string of the molecule is Cc1cc(S(=O)(=O)Nc2ccc(Nc3ccccc3Cl)cn2)ccc1F. The summed E-state index contributed by atoms with van der Waals surface area (Å²) < 4.78 is 40.4. The fourth-order valence-electron chi connectivity index (χ4n) is 2.23. The first-order valence-electron chi connectivity index (χ1n) is 7.62. The van der Waals surface area contributed by atoms with E-state index in [0.29, 0.717) is 16.4 Å². The molecule has 1 aromatic heterocycles. The van der Waals surface area contributed by atoms with Crippen molar-refractivity contribution < 1.29 is 12.8 Å². The molecule has 0 atom stereocenters. The summed E-state index contributed by atoms with van der Waals surface area (Å²) in [5.41, 5.74) is 1.62. The van der Waals surface area contributed by atoms with Gasteiger partial charge in [-0.15, -0.1) is 0 Å². The summed E-state index contributed by atoms with van der Waals surface area (Å²) in [4.78, 5) is 4.05. The summed E-state index contributed by atoms with van der Waals surface area (Å²) in [5, 5.41) is 3.65. The summed E-state index contributed by atoms with van der Waals surface area (Å²) in [7, 11) is -3.85. The average molecular weight is 392 g/mol. The van der Waals surface area contributed by atoms with Crippen molar-refractivity contribution in [3.8, 4) is 0 Å². The molecule has 134 valence electrons. The van der Waals surface area contributed by atoms with Crippen molar-refractivity contribution >= 4 is 38.8 Å². The Kier molecular flexibility index (Phi) is 5.11. The molecule has 0 aliphatic carbocycles. The Morgan fingerprint density at radius 1 is 1.08 bits per heavy atom. The second kappa shape index (κ2) is 7.31. The maximum atomic E-state index is 13.3. The zero-order valence-electron chi connectivity index (χ0n) is 13.7. The number of aryl methyl sites for hydroxylation is 1. The highest BCUT2D eigenvalue weighted by atomic mass is 35.5. The Morgan fingerprint density at radius 2 is 1.85 bits per heavy atom. The molecular weight excluding hydrogens is 377 g/mol. The van der Waals surface area contributed by atoms with E-state index >= 15 is 0 Å². The summed E-state index contributed by atoms with van der Waals surface area (Å²) in [6.45, 7) is 1.50. The van der Waals surface area contributed by atoms with Gasteiger partial charge in [0.2, 0.25) is 0 Å². The van der Waals surface area contributed by atoms with Gasteiger partial charge in [0.1, 0.15) is 11.6 Å². The van der Waals surface area contributed by atoms with E-state index in [1.165, 1.54) is 31.3 Å². The van der Waals surface area contributed by atoms with E-state index in [4.69, 9.17) is 11.6 Å². The summed E-state index contributed by atoms with van der Waals surface area (Å²) in [6, 6.07) is 14.0. The van der Waals surface area contributed by atoms with Gasteiger partial charge in [0.05, 0.1) is 27.5 Å². The van der Waals surface area contributed by atoms with Crippen molar-refractivity contribution in [1.82, 2.24) is 4.98 Å². The first-order valence-corrected chi connectivity index (χ1v) is 9.48. The molecule has 2 aromatic carbocycles. The van der Waals surface area contributed by atoms with Crippen LogP contribution in [0.2, 0.25) is 5.02 Å². The van der Waals surface area contributed by atoms with Crippen LogP contribution in [-0.2, 0) is 10.0 Å². The Hall–Kier alpha value is -2.64. The molecule has 3 aromatic rings. The van der Waals surface area contributed by atoms with Crippen molar-refractivity contribution in [1.29, 1.82) is 0 Å². The molecule has 8 heteroatoms. The fraction of sp³-hybridized carbons (Fsp3) is 0.0556. The molecule has 3 rings (SSSR count). The van der Waals surface area contributed by atoms with E-state index in [0.717, 1.165) is 6.07 Å². The summed E-state index contributed by atoms with van der Waals surface area (Å²) in [6.07, 6.45) is 1.48. The summed E-state index contributed by atoms with van der Waals surface area (Å²) in [5.74, 6) is -0.311. The number of para-hydroxylation sites is 1. The van der Waals surface area contributed by atoms with Gasteiger partial charge in [-0.25, -0.2) is 17.8 Å². The van der Waals surface area contributed by atoms with Crippen LogP contribution in [-0.4, -0.2) is 13.4 Å². The third-order valence-electron chi connectivity index (χ3n) is 3.59. The molecule has 0 spiro atoms. The minimum atomic E-state index is -3.85. The highest BCUT2D eigenvalue weighted by Crippen LogP contribution is 2.25. The van der Waals surface area contributed by atoms with E-state index in [1.807, 2.05) is 18.2 Å². The Labute approximate surface area is 155 Å². The van der Waals surface area contributed by atoms with E-state index in [2.05, 4.69) is 15.0 Å². The lowest BCUT2D eigenvalue weighted by Gasteiger charge is -2.10. The second-order valence-electron chi connectivity index (χ2n) is 5.55. The minimum absolute atomic E-state index is 0.0310. The smallest absolute Gasteiger partial charge is 0.263 e. The number of hydrogen-bond acceptors (Lipinski definition) is 4. The molecule has 0 saturated carbocycles. The van der Waals surface area contributed by atoms with E-state index < -0.39 is 15.8 Å². The maximum absolute atomic E-state index is 13.3. The zero-order valence-corrected chi connectivity index (χ0v) is 15.3. The lowest BCUT2D eigenvalue weighted by molar-refractivity contribution is 0.598. The molecule has 0 unspecified atom stereocenters. The van der Waals surface area contributed by atoms with Crippen molar-refractivity contribution in [2.24, 2.45) is 0 Å². The molecule has 0 radical (unpaired) electrons. The van der Waals surface area contributed by atoms with Gasteiger partial charge >= 0.3 is 0 Å². The van der Waals surface area contributed by atoms with Crippen LogP contribution >= 0.6 is 11.6 Å². The topological polar surface area (TPSA) is 71.1 Å². The van der Waals surface area contributed by atoms with Gasteiger partial charge in [-0.3, -0.25) is 4.72 Å². The molecule has 2 N–H and O–H groups in total. The number of hydrogen-bond donors (Lipinski definition) is 2. The summed E-state index contributed by atoms with van der Waals surface area (Å²) >= 11 is 6.08. The van der Waals surface area contributed by atoms with Gasteiger partial charge in [0, 0.05) is 0 Å². The molecule has 0 aliphatic heterocycles. The predicted octanol–water partition coefficient (Wildman–Crippen LogP) is 4.73. The quantitative estimate of drug-likeness (QED) is 0.659. The van der Waals surface area contributed by atoms with E-state index in [9.17, 15) is 12.8 Å². The Bertz CT molecular complexity index is 1040. The van der Waals surface area contributed by atoms with Crippen LogP contribution in [0.3, 0.4) is 0 Å². The highest BCUT2D eigenvalue weighted by molar-refractivity contribution is 7.92. The number of rotatable bonds is 5. The van der Waals surface area contributed by atoms with E-state index in [1.54, 1.807) is 12.1 Å². The number of nitrogens with one attached hydrogen (secondary N) is 2. The van der Waals surface area contributed by atoms with Crippen LogP contribution in [0.25, 0.3) is 0 Å². The van der Waals surface area contributed by atoms with Crippen LogP contribution in [0.15, 0.2) is 65.7 Å². The average Bonchev–Trinajstić information content (AvgIpc) is 2.60. The number of sulfonamides is 1. The first-order chi connectivity index (χ1) is 12.3.